The average Bonchev–Trinajstić information content (AvgIpc) is 2.53. The van der Waals surface area contributed by atoms with Gasteiger partial charge >= 0.3 is 0 Å². The van der Waals surface area contributed by atoms with Gasteiger partial charge in [-0.3, -0.25) is 5.41 Å². The Balaban J connectivity index is 2.32. The van der Waals surface area contributed by atoms with Crippen molar-refractivity contribution in [3.05, 3.63) is 12.2 Å². The van der Waals surface area contributed by atoms with Crippen LogP contribution in [-0.4, -0.2) is 17.8 Å². The number of nitriles is 3. The minimum Gasteiger partial charge on any atom is -0.447 e. The number of ether oxygens (including phenoxy) is 2. The highest BCUT2D eigenvalue weighted by atomic mass is 16.7. The fraction of sp³-hybridized carbons (Fsp3) is 0.625. The summed E-state index contributed by atoms with van der Waals surface area (Å²) in [6.07, 6.45) is 5.35. The monoisotopic (exact) mass is 296 g/mol. The van der Waals surface area contributed by atoms with E-state index in [1.165, 1.54) is 0 Å². The third-order valence-electron chi connectivity index (χ3n) is 5.23. The number of nitrogens with zero attached hydrogens (tertiary/aromatic N) is 3. The zero-order valence-corrected chi connectivity index (χ0v) is 12.3. The van der Waals surface area contributed by atoms with Gasteiger partial charge in [0.1, 0.15) is 6.10 Å². The topological polar surface area (TPSA) is 114 Å². The zero-order chi connectivity index (χ0) is 16.0. The van der Waals surface area contributed by atoms with E-state index in [1.807, 2.05) is 6.07 Å². The molecule has 0 aromatic carbocycles. The maximum absolute atomic E-state index is 9.84. The molecule has 4 fully saturated rings. The highest BCUT2D eigenvalue weighted by Gasteiger charge is 2.79. The first-order valence-corrected chi connectivity index (χ1v) is 7.39. The van der Waals surface area contributed by atoms with Gasteiger partial charge < -0.3 is 9.47 Å². The third-order valence-corrected chi connectivity index (χ3v) is 5.23. The Morgan fingerprint density at radius 2 is 1.95 bits per heavy atom. The molecule has 112 valence electrons. The SMILES string of the molecule is C/C=C\C1OC23CCCCC2C(C#N)(C#N)C1(C#N)C(=N)O3. The van der Waals surface area contributed by atoms with E-state index in [-0.39, 0.29) is 5.90 Å². The van der Waals surface area contributed by atoms with Crippen LogP contribution in [0.1, 0.15) is 32.6 Å². The Bertz CT molecular complexity index is 666. The van der Waals surface area contributed by atoms with Crippen LogP contribution in [-0.2, 0) is 9.47 Å². The number of rotatable bonds is 1. The molecule has 3 saturated heterocycles. The molecule has 4 unspecified atom stereocenters. The molecule has 0 aromatic rings. The van der Waals surface area contributed by atoms with Gasteiger partial charge in [0.25, 0.3) is 0 Å². The van der Waals surface area contributed by atoms with E-state index in [1.54, 1.807) is 19.1 Å². The first-order valence-electron chi connectivity index (χ1n) is 7.39. The van der Waals surface area contributed by atoms with Crippen LogP contribution in [0.15, 0.2) is 12.2 Å². The van der Waals surface area contributed by atoms with E-state index >= 15 is 0 Å². The highest BCUT2D eigenvalue weighted by molar-refractivity contribution is 5.89. The summed E-state index contributed by atoms with van der Waals surface area (Å²) < 4.78 is 11.8. The summed E-state index contributed by atoms with van der Waals surface area (Å²) in [6.45, 7) is 1.78. The first-order chi connectivity index (χ1) is 10.6. The fourth-order valence-electron chi connectivity index (χ4n) is 4.23. The number of allylic oxidation sites excluding steroid dienone is 1. The molecule has 6 nitrogen and oxygen atoms in total. The van der Waals surface area contributed by atoms with E-state index in [0.717, 1.165) is 12.8 Å². The summed E-state index contributed by atoms with van der Waals surface area (Å²) in [5.74, 6) is -1.96. The average molecular weight is 296 g/mol. The van der Waals surface area contributed by atoms with E-state index in [9.17, 15) is 15.8 Å². The van der Waals surface area contributed by atoms with Gasteiger partial charge in [-0.25, -0.2) is 0 Å². The Labute approximate surface area is 129 Å². The second-order valence-corrected chi connectivity index (χ2v) is 6.06. The number of hydrogen-bond donors (Lipinski definition) is 1. The Morgan fingerprint density at radius 3 is 2.55 bits per heavy atom. The minimum absolute atomic E-state index is 0.314. The largest absolute Gasteiger partial charge is 0.447 e. The summed E-state index contributed by atoms with van der Waals surface area (Å²) in [5.41, 5.74) is -3.34. The molecule has 4 aliphatic rings. The van der Waals surface area contributed by atoms with Crippen LogP contribution in [0.5, 0.6) is 0 Å². The number of hydrogen-bond acceptors (Lipinski definition) is 6. The van der Waals surface area contributed by atoms with E-state index in [2.05, 4.69) is 12.1 Å². The molecular weight excluding hydrogens is 280 g/mol. The van der Waals surface area contributed by atoms with Crippen LogP contribution in [0, 0.1) is 56.2 Å². The van der Waals surface area contributed by atoms with Gasteiger partial charge in [0.05, 0.1) is 24.1 Å². The molecule has 1 spiro atoms. The van der Waals surface area contributed by atoms with Crippen LogP contribution in [0.4, 0.5) is 0 Å². The molecule has 4 rings (SSSR count). The van der Waals surface area contributed by atoms with Crippen molar-refractivity contribution in [3.8, 4) is 18.2 Å². The predicted molar refractivity (Wildman–Crippen MR) is 74.9 cm³/mol. The van der Waals surface area contributed by atoms with Crippen LogP contribution >= 0.6 is 0 Å². The van der Waals surface area contributed by atoms with E-state index < -0.39 is 28.6 Å². The van der Waals surface area contributed by atoms with Crippen molar-refractivity contribution < 1.29 is 9.47 Å². The standard InChI is InChI=1S/C16H16N4O2/c1-2-5-12-15(10-19)13(20)22-16(21-12)7-4-3-6-11(16)14(15,8-17)9-18/h2,5,11-12,20H,3-4,6-7H2,1H3/b5-2-,20-13?. The summed E-state index contributed by atoms with van der Waals surface area (Å²) in [7, 11) is 0. The number of nitrogens with one attached hydrogen (secondary N) is 1. The lowest BCUT2D eigenvalue weighted by atomic mass is 9.49. The Kier molecular flexibility index (Phi) is 3.02. The van der Waals surface area contributed by atoms with Gasteiger partial charge in [0.15, 0.2) is 10.8 Å². The molecule has 6 heteroatoms. The van der Waals surface area contributed by atoms with Gasteiger partial charge in [-0.1, -0.05) is 18.6 Å². The first kappa shape index (κ1) is 14.6. The van der Waals surface area contributed by atoms with Crippen molar-refractivity contribution in [2.75, 3.05) is 0 Å². The Hall–Kier alpha value is -2.36. The van der Waals surface area contributed by atoms with Gasteiger partial charge in [-0.2, -0.15) is 15.8 Å². The summed E-state index contributed by atoms with van der Waals surface area (Å²) in [6, 6.07) is 6.21. The Morgan fingerprint density at radius 1 is 1.23 bits per heavy atom. The molecule has 1 N–H and O–H groups in total. The molecule has 2 bridgehead atoms. The second-order valence-electron chi connectivity index (χ2n) is 6.06. The quantitative estimate of drug-likeness (QED) is 0.746. The molecule has 0 amide bonds. The van der Waals surface area contributed by atoms with Crippen LogP contribution in [0.25, 0.3) is 0 Å². The lowest BCUT2D eigenvalue weighted by Crippen LogP contribution is -2.75. The molecule has 0 radical (unpaired) electrons. The number of fused-ring (bicyclic) bond motifs is 2. The van der Waals surface area contributed by atoms with Crippen molar-refractivity contribution in [3.63, 3.8) is 0 Å². The van der Waals surface area contributed by atoms with Crippen LogP contribution in [0.3, 0.4) is 0 Å². The van der Waals surface area contributed by atoms with Crippen molar-refractivity contribution in [1.82, 2.24) is 0 Å². The predicted octanol–water partition coefficient (Wildman–Crippen LogP) is 2.40. The smallest absolute Gasteiger partial charge is 0.218 e. The van der Waals surface area contributed by atoms with Crippen molar-refractivity contribution >= 4 is 5.90 Å². The maximum Gasteiger partial charge on any atom is 0.218 e. The summed E-state index contributed by atoms with van der Waals surface area (Å²) in [4.78, 5) is 0. The third kappa shape index (κ3) is 1.33. The van der Waals surface area contributed by atoms with Crippen molar-refractivity contribution in [2.24, 2.45) is 16.7 Å². The van der Waals surface area contributed by atoms with Gasteiger partial charge in [0.2, 0.25) is 11.7 Å². The van der Waals surface area contributed by atoms with Gasteiger partial charge in [-0.15, -0.1) is 0 Å². The highest BCUT2D eigenvalue weighted by Crippen LogP contribution is 2.65. The van der Waals surface area contributed by atoms with Crippen molar-refractivity contribution in [1.29, 1.82) is 21.2 Å². The molecule has 3 aliphatic heterocycles. The normalized spacial score (nSPS) is 41.8. The van der Waals surface area contributed by atoms with E-state index in [0.29, 0.717) is 12.8 Å². The van der Waals surface area contributed by atoms with Gasteiger partial charge in [-0.05, 0) is 19.8 Å². The van der Waals surface area contributed by atoms with Crippen molar-refractivity contribution in [2.45, 2.75) is 44.5 Å². The van der Waals surface area contributed by atoms with Crippen LogP contribution in [0.2, 0.25) is 0 Å². The molecule has 0 aromatic heterocycles. The molecule has 1 aliphatic carbocycles. The lowest BCUT2D eigenvalue weighted by molar-refractivity contribution is -0.347. The summed E-state index contributed by atoms with van der Waals surface area (Å²) in [5, 5.41) is 37.8. The van der Waals surface area contributed by atoms with Crippen LogP contribution < -0.4 is 0 Å². The van der Waals surface area contributed by atoms with E-state index in [4.69, 9.17) is 14.9 Å². The molecule has 22 heavy (non-hydrogen) atoms. The minimum atomic E-state index is -1.72. The zero-order valence-electron chi connectivity index (χ0n) is 12.3. The molecule has 3 heterocycles. The molecule has 1 saturated carbocycles. The second kappa shape index (κ2) is 4.57. The van der Waals surface area contributed by atoms with Gasteiger partial charge in [0, 0.05) is 6.42 Å². The molecular formula is C16H16N4O2. The fourth-order valence-corrected chi connectivity index (χ4v) is 4.23. The lowest BCUT2D eigenvalue weighted by Gasteiger charge is -2.63. The summed E-state index contributed by atoms with van der Waals surface area (Å²) >= 11 is 0. The molecule has 4 atom stereocenters. The maximum atomic E-state index is 9.84.